The largest absolute Gasteiger partial charge is 0.376 e. The number of nitrogens with zero attached hydrogens (tertiary/aromatic N) is 1. The van der Waals surface area contributed by atoms with Gasteiger partial charge in [-0.1, -0.05) is 6.42 Å². The maximum absolute atomic E-state index is 12.4. The number of hydrogen-bond acceptors (Lipinski definition) is 6. The Morgan fingerprint density at radius 2 is 2.00 bits per heavy atom. The average Bonchev–Trinajstić information content (AvgIpc) is 3.04. The standard InChI is InChI=1S/C19H27N5O2S/c1-13-10-15(22-12-17(25)21-9-5-3-4-8-20)6-7-16(13)18(26)24-19-23-11-14(2)27-19/h6-7,10-11,22H,3-5,8-9,12,20H2,1-2H3,(H,21,25)(H,23,24,26). The van der Waals surface area contributed by atoms with E-state index in [1.54, 1.807) is 18.3 Å². The van der Waals surface area contributed by atoms with Gasteiger partial charge in [0.25, 0.3) is 5.91 Å². The fourth-order valence-corrected chi connectivity index (χ4v) is 3.18. The van der Waals surface area contributed by atoms with Gasteiger partial charge in [0.15, 0.2) is 5.13 Å². The van der Waals surface area contributed by atoms with Crippen molar-refractivity contribution in [3.8, 4) is 0 Å². The number of nitrogens with two attached hydrogens (primary N) is 1. The van der Waals surface area contributed by atoms with E-state index in [-0.39, 0.29) is 18.4 Å². The zero-order valence-electron chi connectivity index (χ0n) is 15.8. The molecule has 2 aromatic rings. The van der Waals surface area contributed by atoms with Crippen molar-refractivity contribution in [3.63, 3.8) is 0 Å². The second-order valence-corrected chi connectivity index (χ2v) is 7.55. The molecule has 5 N–H and O–H groups in total. The molecule has 27 heavy (non-hydrogen) atoms. The van der Waals surface area contributed by atoms with Crippen LogP contribution in [0.2, 0.25) is 0 Å². The minimum Gasteiger partial charge on any atom is -0.376 e. The summed E-state index contributed by atoms with van der Waals surface area (Å²) in [5.41, 5.74) is 7.65. The summed E-state index contributed by atoms with van der Waals surface area (Å²) >= 11 is 1.44. The summed E-state index contributed by atoms with van der Waals surface area (Å²) in [6, 6.07) is 5.40. The highest BCUT2D eigenvalue weighted by Gasteiger charge is 2.12. The molecule has 0 spiro atoms. The lowest BCUT2D eigenvalue weighted by atomic mass is 10.1. The number of thiazole rings is 1. The number of aromatic nitrogens is 1. The summed E-state index contributed by atoms with van der Waals surface area (Å²) in [7, 11) is 0. The molecule has 2 amide bonds. The Kier molecular flexibility index (Phi) is 8.22. The SMILES string of the molecule is Cc1cnc(NC(=O)c2ccc(NCC(=O)NCCCCCN)cc2C)s1. The number of carbonyl (C=O) groups is 2. The summed E-state index contributed by atoms with van der Waals surface area (Å²) < 4.78 is 0. The number of rotatable bonds is 10. The van der Waals surface area contributed by atoms with E-state index in [0.717, 1.165) is 35.4 Å². The quantitative estimate of drug-likeness (QED) is 0.467. The normalized spacial score (nSPS) is 10.5. The van der Waals surface area contributed by atoms with Gasteiger partial charge in [-0.05, 0) is 57.0 Å². The number of aryl methyl sites for hydroxylation is 2. The third-order valence-corrected chi connectivity index (χ3v) is 4.80. The highest BCUT2D eigenvalue weighted by Crippen LogP contribution is 2.20. The average molecular weight is 390 g/mol. The van der Waals surface area contributed by atoms with Gasteiger partial charge in [0, 0.05) is 28.9 Å². The molecule has 1 heterocycles. The van der Waals surface area contributed by atoms with Crippen LogP contribution in [-0.2, 0) is 4.79 Å². The van der Waals surface area contributed by atoms with Crippen molar-refractivity contribution in [2.75, 3.05) is 30.3 Å². The smallest absolute Gasteiger partial charge is 0.257 e. The fourth-order valence-electron chi connectivity index (χ4n) is 2.52. The van der Waals surface area contributed by atoms with Gasteiger partial charge < -0.3 is 16.4 Å². The van der Waals surface area contributed by atoms with E-state index in [0.29, 0.717) is 23.8 Å². The number of anilines is 2. The van der Waals surface area contributed by atoms with Crippen LogP contribution in [0.5, 0.6) is 0 Å². The van der Waals surface area contributed by atoms with Crippen LogP contribution in [0.4, 0.5) is 10.8 Å². The van der Waals surface area contributed by atoms with Crippen molar-refractivity contribution in [3.05, 3.63) is 40.4 Å². The van der Waals surface area contributed by atoms with Crippen LogP contribution in [0.3, 0.4) is 0 Å². The molecule has 0 radical (unpaired) electrons. The molecule has 0 fully saturated rings. The summed E-state index contributed by atoms with van der Waals surface area (Å²) in [6.45, 7) is 5.35. The van der Waals surface area contributed by atoms with Crippen molar-refractivity contribution in [1.82, 2.24) is 10.3 Å². The minimum absolute atomic E-state index is 0.0543. The van der Waals surface area contributed by atoms with E-state index in [4.69, 9.17) is 5.73 Å². The van der Waals surface area contributed by atoms with Crippen LogP contribution in [0.25, 0.3) is 0 Å². The van der Waals surface area contributed by atoms with Gasteiger partial charge in [0.2, 0.25) is 5.91 Å². The Morgan fingerprint density at radius 1 is 1.19 bits per heavy atom. The van der Waals surface area contributed by atoms with E-state index in [1.165, 1.54) is 11.3 Å². The maximum Gasteiger partial charge on any atom is 0.257 e. The van der Waals surface area contributed by atoms with E-state index in [2.05, 4.69) is 20.9 Å². The van der Waals surface area contributed by atoms with Crippen LogP contribution in [0, 0.1) is 13.8 Å². The second-order valence-electron chi connectivity index (χ2n) is 6.31. The van der Waals surface area contributed by atoms with Crippen molar-refractivity contribution in [2.24, 2.45) is 5.73 Å². The predicted molar refractivity (Wildman–Crippen MR) is 110 cm³/mol. The second kappa shape index (κ2) is 10.6. The third kappa shape index (κ3) is 6.99. The first-order valence-corrected chi connectivity index (χ1v) is 9.86. The molecule has 0 atom stereocenters. The number of benzene rings is 1. The van der Waals surface area contributed by atoms with Gasteiger partial charge in [-0.2, -0.15) is 0 Å². The highest BCUT2D eigenvalue weighted by atomic mass is 32.1. The Labute approximate surface area is 163 Å². The molecule has 7 nitrogen and oxygen atoms in total. The van der Waals surface area contributed by atoms with Crippen molar-refractivity contribution < 1.29 is 9.59 Å². The first-order chi connectivity index (χ1) is 13.0. The van der Waals surface area contributed by atoms with E-state index < -0.39 is 0 Å². The highest BCUT2D eigenvalue weighted by molar-refractivity contribution is 7.15. The molecule has 0 aliphatic carbocycles. The van der Waals surface area contributed by atoms with Crippen LogP contribution in [0.15, 0.2) is 24.4 Å². The van der Waals surface area contributed by atoms with Gasteiger partial charge in [-0.3, -0.25) is 14.9 Å². The summed E-state index contributed by atoms with van der Waals surface area (Å²) in [5, 5.41) is 9.34. The number of amides is 2. The molecule has 0 bridgehead atoms. The molecule has 8 heteroatoms. The predicted octanol–water partition coefficient (Wildman–Crippen LogP) is 2.67. The number of hydrogen-bond donors (Lipinski definition) is 4. The minimum atomic E-state index is -0.191. The summed E-state index contributed by atoms with van der Waals surface area (Å²) in [4.78, 5) is 29.4. The summed E-state index contributed by atoms with van der Waals surface area (Å²) in [6.07, 6.45) is 4.66. The lowest BCUT2D eigenvalue weighted by molar-refractivity contribution is -0.119. The van der Waals surface area contributed by atoms with Crippen molar-refractivity contribution in [1.29, 1.82) is 0 Å². The molecule has 1 aromatic heterocycles. The van der Waals surface area contributed by atoms with Gasteiger partial charge in [0.05, 0.1) is 6.54 Å². The molecule has 0 saturated carbocycles. The Hall–Kier alpha value is -2.45. The van der Waals surface area contributed by atoms with Crippen LogP contribution >= 0.6 is 11.3 Å². The van der Waals surface area contributed by atoms with E-state index in [1.807, 2.05) is 19.9 Å². The number of unbranched alkanes of at least 4 members (excludes halogenated alkanes) is 2. The topological polar surface area (TPSA) is 109 Å². The number of carbonyl (C=O) groups excluding carboxylic acids is 2. The molecule has 0 aliphatic rings. The molecule has 2 rings (SSSR count). The maximum atomic E-state index is 12.4. The van der Waals surface area contributed by atoms with Crippen molar-refractivity contribution >= 4 is 34.0 Å². The zero-order chi connectivity index (χ0) is 19.6. The molecule has 0 aliphatic heterocycles. The first-order valence-electron chi connectivity index (χ1n) is 9.04. The van der Waals surface area contributed by atoms with Gasteiger partial charge in [0.1, 0.15) is 0 Å². The Morgan fingerprint density at radius 3 is 2.67 bits per heavy atom. The monoisotopic (exact) mass is 389 g/mol. The van der Waals surface area contributed by atoms with Crippen LogP contribution < -0.4 is 21.7 Å². The van der Waals surface area contributed by atoms with Gasteiger partial charge in [-0.25, -0.2) is 4.98 Å². The molecular formula is C19H27N5O2S. The first kappa shape index (κ1) is 20.9. The molecule has 1 aromatic carbocycles. The van der Waals surface area contributed by atoms with Gasteiger partial charge >= 0.3 is 0 Å². The van der Waals surface area contributed by atoms with E-state index in [9.17, 15) is 9.59 Å². The van der Waals surface area contributed by atoms with Crippen LogP contribution in [0.1, 0.15) is 40.1 Å². The van der Waals surface area contributed by atoms with E-state index >= 15 is 0 Å². The molecule has 0 saturated heterocycles. The fraction of sp³-hybridized carbons (Fsp3) is 0.421. The van der Waals surface area contributed by atoms with Crippen molar-refractivity contribution in [2.45, 2.75) is 33.1 Å². The Bertz CT molecular complexity index is 775. The lowest BCUT2D eigenvalue weighted by Gasteiger charge is -2.11. The van der Waals surface area contributed by atoms with Crippen LogP contribution in [-0.4, -0.2) is 36.4 Å². The zero-order valence-corrected chi connectivity index (χ0v) is 16.6. The Balaban J connectivity index is 1.81. The lowest BCUT2D eigenvalue weighted by Crippen LogP contribution is -2.30. The van der Waals surface area contributed by atoms with Gasteiger partial charge in [-0.15, -0.1) is 11.3 Å². The third-order valence-electron chi connectivity index (χ3n) is 3.97. The molecule has 146 valence electrons. The number of nitrogens with one attached hydrogen (secondary N) is 3. The molecule has 0 unspecified atom stereocenters. The molecular weight excluding hydrogens is 362 g/mol. The summed E-state index contributed by atoms with van der Waals surface area (Å²) in [5.74, 6) is -0.245.